The van der Waals surface area contributed by atoms with E-state index in [0.29, 0.717) is 12.8 Å². The molecule has 0 unspecified atom stereocenters. The van der Waals surface area contributed by atoms with Gasteiger partial charge in [0.25, 0.3) is 0 Å². The van der Waals surface area contributed by atoms with Crippen LogP contribution in [0.25, 0.3) is 0 Å². The quantitative estimate of drug-likeness (QED) is 0.424. The second-order valence-electron chi connectivity index (χ2n) is 1.10. The summed E-state index contributed by atoms with van der Waals surface area (Å²) in [7, 11) is 0. The average Bonchev–Trinajstić information content (AvgIpc) is 1.93. The van der Waals surface area contributed by atoms with Crippen LogP contribution in [0.1, 0.15) is 18.3 Å². The third-order valence-electron chi connectivity index (χ3n) is 0.614. The van der Waals surface area contributed by atoms with E-state index in [1.165, 1.54) is 0 Å². The van der Waals surface area contributed by atoms with Gasteiger partial charge in [0.15, 0.2) is 0 Å². The van der Waals surface area contributed by atoms with Crippen molar-refractivity contribution in [3.05, 3.63) is 24.2 Å². The third-order valence-corrected chi connectivity index (χ3v) is 0.614. The van der Waals surface area contributed by atoms with E-state index >= 15 is 0 Å². The van der Waals surface area contributed by atoms with E-state index in [9.17, 15) is 0 Å². The van der Waals surface area contributed by atoms with Crippen LogP contribution in [-0.4, -0.2) is 0 Å². The highest BCUT2D eigenvalue weighted by Gasteiger charge is 1.77. The summed E-state index contributed by atoms with van der Waals surface area (Å²) in [6.45, 7) is 0. The van der Waals surface area contributed by atoms with Crippen molar-refractivity contribution in [2.45, 2.75) is 12.8 Å². The molecule has 0 nitrogen and oxygen atoms in total. The highest BCUT2D eigenvalue weighted by molar-refractivity contribution is 5.07. The molecule has 0 heterocycles. The van der Waals surface area contributed by atoms with Crippen molar-refractivity contribution in [2.75, 3.05) is 0 Å². The SMILES string of the molecule is [3H]C1=C([3H])C([3H])=C([3H])CC1. The maximum absolute atomic E-state index is 7.15. The molecule has 0 aromatic rings. The molecule has 0 amide bonds. The highest BCUT2D eigenvalue weighted by atomic mass is 13.8. The number of hydrogen-bond donors (Lipinski definition) is 0. The van der Waals surface area contributed by atoms with Gasteiger partial charge >= 0.3 is 0 Å². The third kappa shape index (κ3) is 0.713. The molecular formula is C6H8. The molecule has 1 aliphatic rings. The van der Waals surface area contributed by atoms with Crippen molar-refractivity contribution in [3.63, 3.8) is 0 Å². The summed E-state index contributed by atoms with van der Waals surface area (Å²) >= 11 is 0. The minimum absolute atomic E-state index is 0.0868. The molecule has 0 radical (unpaired) electrons. The van der Waals surface area contributed by atoms with Gasteiger partial charge in [-0.2, -0.15) is 0 Å². The molecule has 0 fully saturated rings. The van der Waals surface area contributed by atoms with Gasteiger partial charge in [-0.3, -0.25) is 0 Å². The van der Waals surface area contributed by atoms with Crippen molar-refractivity contribution < 1.29 is 5.48 Å². The molecule has 0 bridgehead atoms. The van der Waals surface area contributed by atoms with E-state index in [1.807, 2.05) is 0 Å². The molecule has 1 aliphatic carbocycles. The van der Waals surface area contributed by atoms with Crippen molar-refractivity contribution in [3.8, 4) is 0 Å². The summed E-state index contributed by atoms with van der Waals surface area (Å²) in [6, 6.07) is 0.189. The summed E-state index contributed by atoms with van der Waals surface area (Å²) < 4.78 is 28.6. The zero-order valence-corrected chi connectivity index (χ0v) is 3.41. The van der Waals surface area contributed by atoms with Crippen molar-refractivity contribution in [1.29, 1.82) is 0 Å². The molecule has 1 rings (SSSR count). The van der Waals surface area contributed by atoms with Gasteiger partial charge in [0.1, 0.15) is 0 Å². The van der Waals surface area contributed by atoms with Gasteiger partial charge in [0.05, 0.1) is 5.48 Å². The summed E-state index contributed by atoms with van der Waals surface area (Å²) in [5, 5.41) is 0. The predicted molar refractivity (Wildman–Crippen MR) is 27.5 cm³/mol. The fraction of sp³-hybridized carbons (Fsp3) is 0.333. The first-order valence-electron chi connectivity index (χ1n) is 3.96. The second-order valence-corrected chi connectivity index (χ2v) is 1.10. The van der Waals surface area contributed by atoms with Crippen LogP contribution in [0.4, 0.5) is 0 Å². The molecule has 0 aromatic carbocycles. The summed E-state index contributed by atoms with van der Waals surface area (Å²) in [4.78, 5) is 0. The normalized spacial score (nSPS) is 34.7. The zero-order valence-electron chi connectivity index (χ0n) is 7.41. The maximum atomic E-state index is 7.15. The van der Waals surface area contributed by atoms with Gasteiger partial charge in [-0.05, 0) is 12.8 Å². The van der Waals surface area contributed by atoms with E-state index in [0.717, 1.165) is 0 Å². The van der Waals surface area contributed by atoms with Crippen LogP contribution in [0.2, 0.25) is 0 Å². The average molecular weight is 88.2 g/mol. The summed E-state index contributed by atoms with van der Waals surface area (Å²) in [6.07, 6.45) is 0.889. The number of allylic oxidation sites excluding steroid dienone is 4. The second kappa shape index (κ2) is 1.81. The molecule has 0 aliphatic heterocycles. The first-order chi connectivity index (χ1) is 4.63. The highest BCUT2D eigenvalue weighted by Crippen LogP contribution is 1.98. The minimum atomic E-state index is -0.0868. The number of hydrogen-bond acceptors (Lipinski definition) is 0. The van der Waals surface area contributed by atoms with Crippen LogP contribution in [0, 0.1) is 0 Å². The minimum Gasteiger partial charge on any atom is -0.0842 e. The van der Waals surface area contributed by atoms with Crippen LogP contribution < -0.4 is 0 Å². The summed E-state index contributed by atoms with van der Waals surface area (Å²) in [5.74, 6) is 0. The Morgan fingerprint density at radius 3 is 2.17 bits per heavy atom. The van der Waals surface area contributed by atoms with Gasteiger partial charge in [0.2, 0.25) is 0 Å². The van der Waals surface area contributed by atoms with Crippen LogP contribution in [0.15, 0.2) is 24.2 Å². The zero-order chi connectivity index (χ0) is 7.72. The summed E-state index contributed by atoms with van der Waals surface area (Å²) in [5.41, 5.74) is 0. The molecule has 0 N–H and O–H groups in total. The fourth-order valence-corrected chi connectivity index (χ4v) is 0.338. The Hall–Kier alpha value is -0.520. The maximum Gasteiger partial charge on any atom is 0.0619 e. The smallest absolute Gasteiger partial charge is 0.0619 e. The molecular weight excluding hydrogens is 72.1 g/mol. The topological polar surface area (TPSA) is 0 Å². The van der Waals surface area contributed by atoms with Gasteiger partial charge in [-0.15, -0.1) is 0 Å². The van der Waals surface area contributed by atoms with E-state index in [4.69, 9.17) is 5.48 Å². The Morgan fingerprint density at radius 1 is 1.17 bits per heavy atom. The lowest BCUT2D eigenvalue weighted by Crippen LogP contribution is -1.67. The van der Waals surface area contributed by atoms with Gasteiger partial charge < -0.3 is 0 Å². The molecule has 0 saturated heterocycles. The fourth-order valence-electron chi connectivity index (χ4n) is 0.338. The Labute approximate surface area is 43.8 Å². The van der Waals surface area contributed by atoms with Crippen molar-refractivity contribution in [1.82, 2.24) is 0 Å². The lowest BCUT2D eigenvalue weighted by Gasteiger charge is -1.88. The Balaban J connectivity index is 3.01. The van der Waals surface area contributed by atoms with Crippen molar-refractivity contribution in [2.24, 2.45) is 0 Å². The van der Waals surface area contributed by atoms with Gasteiger partial charge in [-0.1, -0.05) is 24.2 Å². The van der Waals surface area contributed by atoms with Gasteiger partial charge in [0, 0.05) is 0 Å². The van der Waals surface area contributed by atoms with Crippen LogP contribution in [-0.2, 0) is 0 Å². The molecule has 0 saturated carbocycles. The van der Waals surface area contributed by atoms with E-state index in [-0.39, 0.29) is 24.2 Å². The molecule has 0 atom stereocenters. The molecule has 32 valence electrons. The molecule has 0 heteroatoms. The van der Waals surface area contributed by atoms with E-state index < -0.39 is 0 Å². The monoisotopic (exact) mass is 88.1 g/mol. The molecule has 0 spiro atoms. The Bertz CT molecular complexity index is 190. The molecule has 0 aromatic heterocycles. The first-order valence-corrected chi connectivity index (χ1v) is 1.96. The van der Waals surface area contributed by atoms with Gasteiger partial charge in [-0.25, -0.2) is 0 Å². The Morgan fingerprint density at radius 2 is 1.67 bits per heavy atom. The van der Waals surface area contributed by atoms with Crippen LogP contribution in [0.3, 0.4) is 0 Å². The first kappa shape index (κ1) is 1.22. The van der Waals surface area contributed by atoms with E-state index in [1.54, 1.807) is 0 Å². The number of rotatable bonds is 0. The van der Waals surface area contributed by atoms with E-state index in [2.05, 4.69) is 0 Å². The lowest BCUT2D eigenvalue weighted by atomic mass is 10.2. The Kier molecular flexibility index (Phi) is 0.369. The van der Waals surface area contributed by atoms with Crippen LogP contribution >= 0.6 is 0 Å². The van der Waals surface area contributed by atoms with Crippen LogP contribution in [0.5, 0.6) is 0 Å². The largest absolute Gasteiger partial charge is 0.0842 e. The van der Waals surface area contributed by atoms with Crippen molar-refractivity contribution >= 4 is 0 Å². The standard InChI is InChI=1S/C6H8/c1-2-4-6-5-3-1/h1-4H,5-6H2/i1T,2T,3T,4T. The predicted octanol–water partition coefficient (Wildman–Crippen LogP) is 1.89. The molecule has 6 heavy (non-hydrogen) atoms. The lowest BCUT2D eigenvalue weighted by molar-refractivity contribution is 1.04.